The van der Waals surface area contributed by atoms with Gasteiger partial charge in [0, 0.05) is 5.56 Å². The predicted octanol–water partition coefficient (Wildman–Crippen LogP) is 3.90. The molecule has 0 amide bonds. The van der Waals surface area contributed by atoms with Crippen molar-refractivity contribution in [3.05, 3.63) is 65.3 Å². The van der Waals surface area contributed by atoms with Gasteiger partial charge in [-0.05, 0) is 25.1 Å². The van der Waals surface area contributed by atoms with E-state index in [1.54, 1.807) is 4.68 Å². The van der Waals surface area contributed by atoms with E-state index in [0.29, 0.717) is 5.02 Å². The van der Waals surface area contributed by atoms with Gasteiger partial charge in [-0.1, -0.05) is 52.7 Å². The third kappa shape index (κ3) is 2.37. The lowest BCUT2D eigenvalue weighted by atomic mass is 10.2. The second-order valence-electron chi connectivity index (χ2n) is 4.36. The number of aryl methyl sites for hydroxylation is 1. The number of hydrogen-bond acceptors (Lipinski definition) is 2. The van der Waals surface area contributed by atoms with Gasteiger partial charge in [-0.15, -0.1) is 5.10 Å². The molecule has 0 bridgehead atoms. The van der Waals surface area contributed by atoms with Gasteiger partial charge in [0.05, 0.1) is 16.9 Å². The summed E-state index contributed by atoms with van der Waals surface area (Å²) in [6, 6.07) is 15.7. The molecule has 2 aromatic carbocycles. The van der Waals surface area contributed by atoms with E-state index in [-0.39, 0.29) is 0 Å². The van der Waals surface area contributed by atoms with E-state index in [9.17, 15) is 0 Å². The van der Waals surface area contributed by atoms with Crippen LogP contribution >= 0.6 is 11.6 Å². The summed E-state index contributed by atoms with van der Waals surface area (Å²) in [4.78, 5) is 0. The minimum atomic E-state index is 0.679. The molecule has 0 fully saturated rings. The van der Waals surface area contributed by atoms with Crippen LogP contribution in [0.1, 0.15) is 5.56 Å². The van der Waals surface area contributed by atoms with Crippen LogP contribution < -0.4 is 0 Å². The molecule has 0 aliphatic heterocycles. The fourth-order valence-corrected chi connectivity index (χ4v) is 2.11. The first-order valence-electron chi connectivity index (χ1n) is 5.98. The fraction of sp³-hybridized carbons (Fsp3) is 0.0667. The van der Waals surface area contributed by atoms with Crippen molar-refractivity contribution in [2.45, 2.75) is 6.92 Å². The number of nitrogens with zero attached hydrogens (tertiary/aromatic N) is 3. The molecule has 3 rings (SSSR count). The van der Waals surface area contributed by atoms with Crippen molar-refractivity contribution in [1.29, 1.82) is 0 Å². The van der Waals surface area contributed by atoms with Crippen LogP contribution in [0.4, 0.5) is 0 Å². The lowest BCUT2D eigenvalue weighted by Gasteiger charge is -2.00. The summed E-state index contributed by atoms with van der Waals surface area (Å²) in [5, 5.41) is 9.00. The van der Waals surface area contributed by atoms with E-state index in [2.05, 4.69) is 17.2 Å². The van der Waals surface area contributed by atoms with Crippen molar-refractivity contribution in [2.24, 2.45) is 0 Å². The van der Waals surface area contributed by atoms with E-state index < -0.39 is 0 Å². The Kier molecular flexibility index (Phi) is 3.05. The normalized spacial score (nSPS) is 10.6. The molecule has 0 saturated carbocycles. The van der Waals surface area contributed by atoms with Crippen LogP contribution in [-0.2, 0) is 0 Å². The van der Waals surface area contributed by atoms with E-state index in [0.717, 1.165) is 16.9 Å². The Bertz CT molecular complexity index is 701. The van der Waals surface area contributed by atoms with Crippen LogP contribution in [0.25, 0.3) is 16.9 Å². The smallest absolute Gasteiger partial charge is 0.115 e. The monoisotopic (exact) mass is 269 g/mol. The molecule has 0 N–H and O–H groups in total. The molecule has 1 heterocycles. The van der Waals surface area contributed by atoms with Gasteiger partial charge in [-0.25, -0.2) is 4.68 Å². The number of aromatic nitrogens is 3. The van der Waals surface area contributed by atoms with Gasteiger partial charge >= 0.3 is 0 Å². The summed E-state index contributed by atoms with van der Waals surface area (Å²) in [7, 11) is 0. The van der Waals surface area contributed by atoms with Crippen LogP contribution in [0, 0.1) is 6.92 Å². The van der Waals surface area contributed by atoms with E-state index in [4.69, 9.17) is 11.6 Å². The van der Waals surface area contributed by atoms with E-state index in [1.807, 2.05) is 54.7 Å². The maximum Gasteiger partial charge on any atom is 0.115 e. The summed E-state index contributed by atoms with van der Waals surface area (Å²) in [6.45, 7) is 2.06. The lowest BCUT2D eigenvalue weighted by Crippen LogP contribution is -1.94. The molecule has 0 atom stereocenters. The molecule has 19 heavy (non-hydrogen) atoms. The Morgan fingerprint density at radius 2 is 1.74 bits per heavy atom. The minimum absolute atomic E-state index is 0.679. The first kappa shape index (κ1) is 11.9. The molecule has 0 saturated heterocycles. The van der Waals surface area contributed by atoms with Crippen LogP contribution in [0.5, 0.6) is 0 Å². The zero-order chi connectivity index (χ0) is 13.2. The molecular formula is C15H12ClN3. The van der Waals surface area contributed by atoms with Crippen LogP contribution in [0.2, 0.25) is 5.02 Å². The van der Waals surface area contributed by atoms with Crippen molar-refractivity contribution in [2.75, 3.05) is 0 Å². The molecular weight excluding hydrogens is 258 g/mol. The third-order valence-electron chi connectivity index (χ3n) is 2.94. The second-order valence-corrected chi connectivity index (χ2v) is 4.77. The standard InChI is InChI=1S/C15H12ClN3/c1-11-6-8-12(9-7-11)19-10-15(17-18-19)13-4-2-3-5-14(13)16/h2-10H,1H3. The molecule has 0 spiro atoms. The first-order chi connectivity index (χ1) is 9.24. The molecule has 0 unspecified atom stereocenters. The van der Waals surface area contributed by atoms with Crippen molar-refractivity contribution in [3.8, 4) is 16.9 Å². The van der Waals surface area contributed by atoms with Crippen LogP contribution in [0.3, 0.4) is 0 Å². The Morgan fingerprint density at radius 1 is 1.00 bits per heavy atom. The lowest BCUT2D eigenvalue weighted by molar-refractivity contribution is 0.803. The number of benzene rings is 2. The molecule has 3 aromatic rings. The zero-order valence-corrected chi connectivity index (χ0v) is 11.2. The maximum atomic E-state index is 6.16. The number of halogens is 1. The SMILES string of the molecule is Cc1ccc(-n2cc(-c3ccccc3Cl)nn2)cc1. The highest BCUT2D eigenvalue weighted by Crippen LogP contribution is 2.25. The molecule has 0 radical (unpaired) electrons. The molecule has 0 aliphatic carbocycles. The first-order valence-corrected chi connectivity index (χ1v) is 6.36. The van der Waals surface area contributed by atoms with Gasteiger partial charge < -0.3 is 0 Å². The van der Waals surface area contributed by atoms with Gasteiger partial charge in [-0.2, -0.15) is 0 Å². The van der Waals surface area contributed by atoms with Gasteiger partial charge in [0.2, 0.25) is 0 Å². The van der Waals surface area contributed by atoms with Gasteiger partial charge in [0.1, 0.15) is 5.69 Å². The number of rotatable bonds is 2. The van der Waals surface area contributed by atoms with Gasteiger partial charge in [0.15, 0.2) is 0 Å². The van der Waals surface area contributed by atoms with Crippen molar-refractivity contribution in [3.63, 3.8) is 0 Å². The van der Waals surface area contributed by atoms with Crippen molar-refractivity contribution < 1.29 is 0 Å². The van der Waals surface area contributed by atoms with Crippen molar-refractivity contribution in [1.82, 2.24) is 15.0 Å². The summed E-state index contributed by atoms with van der Waals surface area (Å²) < 4.78 is 1.75. The highest BCUT2D eigenvalue weighted by Gasteiger charge is 2.08. The topological polar surface area (TPSA) is 30.7 Å². The summed E-state index contributed by atoms with van der Waals surface area (Å²) in [6.07, 6.45) is 1.88. The predicted molar refractivity (Wildman–Crippen MR) is 76.5 cm³/mol. The second kappa shape index (κ2) is 4.86. The van der Waals surface area contributed by atoms with Gasteiger partial charge in [0.25, 0.3) is 0 Å². The fourth-order valence-electron chi connectivity index (χ4n) is 1.88. The molecule has 0 aliphatic rings. The molecule has 4 heteroatoms. The molecule has 94 valence electrons. The highest BCUT2D eigenvalue weighted by molar-refractivity contribution is 6.33. The highest BCUT2D eigenvalue weighted by atomic mass is 35.5. The van der Waals surface area contributed by atoms with Gasteiger partial charge in [-0.3, -0.25) is 0 Å². The largest absolute Gasteiger partial charge is 0.220 e. The maximum absolute atomic E-state index is 6.16. The molecule has 3 nitrogen and oxygen atoms in total. The minimum Gasteiger partial charge on any atom is -0.220 e. The summed E-state index contributed by atoms with van der Waals surface area (Å²) >= 11 is 6.16. The quantitative estimate of drug-likeness (QED) is 0.706. The van der Waals surface area contributed by atoms with E-state index >= 15 is 0 Å². The van der Waals surface area contributed by atoms with E-state index in [1.165, 1.54) is 5.56 Å². The summed E-state index contributed by atoms with van der Waals surface area (Å²) in [5.74, 6) is 0. The average Bonchev–Trinajstić information content (AvgIpc) is 2.89. The van der Waals surface area contributed by atoms with Crippen molar-refractivity contribution >= 4 is 11.6 Å². The average molecular weight is 270 g/mol. The number of hydrogen-bond donors (Lipinski definition) is 0. The Hall–Kier alpha value is -2.13. The van der Waals surface area contributed by atoms with Crippen LogP contribution in [-0.4, -0.2) is 15.0 Å². The zero-order valence-electron chi connectivity index (χ0n) is 10.4. The Balaban J connectivity index is 2.00. The summed E-state index contributed by atoms with van der Waals surface area (Å²) in [5.41, 5.74) is 3.86. The molecule has 1 aromatic heterocycles. The third-order valence-corrected chi connectivity index (χ3v) is 3.27. The van der Waals surface area contributed by atoms with Crippen LogP contribution in [0.15, 0.2) is 54.7 Å². The Labute approximate surface area is 116 Å². The Morgan fingerprint density at radius 3 is 2.47 bits per heavy atom.